The summed E-state index contributed by atoms with van der Waals surface area (Å²) in [4.78, 5) is 10.0. The van der Waals surface area contributed by atoms with Crippen LogP contribution in [0.2, 0.25) is 0 Å². The molecule has 106 valence electrons. The van der Waals surface area contributed by atoms with Gasteiger partial charge in [0.2, 0.25) is 0 Å². The SMILES string of the molecule is CN=C(NCc1cccc(C)n1)NCc1sccc1C. The summed E-state index contributed by atoms with van der Waals surface area (Å²) in [5, 5.41) is 8.71. The Balaban J connectivity index is 1.85. The number of nitrogens with one attached hydrogen (secondary N) is 2. The highest BCUT2D eigenvalue weighted by atomic mass is 32.1. The zero-order valence-electron chi connectivity index (χ0n) is 12.1. The van der Waals surface area contributed by atoms with Gasteiger partial charge in [0.1, 0.15) is 0 Å². The first-order valence-electron chi connectivity index (χ1n) is 6.59. The van der Waals surface area contributed by atoms with Crippen LogP contribution in [0.1, 0.15) is 21.8 Å². The maximum atomic E-state index is 4.46. The van der Waals surface area contributed by atoms with Crippen LogP contribution >= 0.6 is 11.3 Å². The van der Waals surface area contributed by atoms with Gasteiger partial charge < -0.3 is 10.6 Å². The standard InChI is InChI=1S/C15H20N4S/c1-11-7-8-20-14(11)10-18-15(16-3)17-9-13-6-4-5-12(2)19-13/h4-8H,9-10H2,1-3H3,(H2,16,17,18). The van der Waals surface area contributed by atoms with Crippen molar-refractivity contribution >= 4 is 17.3 Å². The molecule has 0 aliphatic carbocycles. The topological polar surface area (TPSA) is 49.3 Å². The minimum Gasteiger partial charge on any atom is -0.352 e. The molecule has 4 nitrogen and oxygen atoms in total. The molecular weight excluding hydrogens is 268 g/mol. The molecule has 0 spiro atoms. The van der Waals surface area contributed by atoms with Crippen molar-refractivity contribution in [3.63, 3.8) is 0 Å². The Hall–Kier alpha value is -1.88. The lowest BCUT2D eigenvalue weighted by Gasteiger charge is -2.11. The van der Waals surface area contributed by atoms with Gasteiger partial charge in [-0.15, -0.1) is 11.3 Å². The van der Waals surface area contributed by atoms with E-state index >= 15 is 0 Å². The number of aliphatic imine (C=N–C) groups is 1. The number of nitrogens with zero attached hydrogens (tertiary/aromatic N) is 2. The van der Waals surface area contributed by atoms with Crippen molar-refractivity contribution in [2.24, 2.45) is 4.99 Å². The van der Waals surface area contributed by atoms with E-state index in [-0.39, 0.29) is 0 Å². The molecule has 2 aromatic heterocycles. The van der Waals surface area contributed by atoms with Gasteiger partial charge >= 0.3 is 0 Å². The number of pyridine rings is 1. The van der Waals surface area contributed by atoms with Gasteiger partial charge in [-0.05, 0) is 43.0 Å². The summed E-state index contributed by atoms with van der Waals surface area (Å²) in [6.45, 7) is 5.59. The van der Waals surface area contributed by atoms with E-state index in [0.717, 1.165) is 23.9 Å². The summed E-state index contributed by atoms with van der Waals surface area (Å²) in [6.07, 6.45) is 0. The van der Waals surface area contributed by atoms with E-state index in [9.17, 15) is 0 Å². The van der Waals surface area contributed by atoms with E-state index in [1.165, 1.54) is 10.4 Å². The predicted molar refractivity (Wildman–Crippen MR) is 85.1 cm³/mol. The lowest BCUT2D eigenvalue weighted by Crippen LogP contribution is -2.36. The van der Waals surface area contributed by atoms with Gasteiger partial charge in [0.05, 0.1) is 18.8 Å². The third-order valence-corrected chi connectivity index (χ3v) is 4.01. The largest absolute Gasteiger partial charge is 0.352 e. The van der Waals surface area contributed by atoms with Crippen molar-refractivity contribution < 1.29 is 0 Å². The van der Waals surface area contributed by atoms with E-state index in [1.807, 2.05) is 25.1 Å². The van der Waals surface area contributed by atoms with Gasteiger partial charge in [-0.3, -0.25) is 9.98 Å². The summed E-state index contributed by atoms with van der Waals surface area (Å²) in [6, 6.07) is 8.16. The first-order chi connectivity index (χ1) is 9.69. The first kappa shape index (κ1) is 14.5. The van der Waals surface area contributed by atoms with Gasteiger partial charge in [0, 0.05) is 17.6 Å². The van der Waals surface area contributed by atoms with Gasteiger partial charge in [0.25, 0.3) is 0 Å². The zero-order chi connectivity index (χ0) is 14.4. The fourth-order valence-corrected chi connectivity index (χ4v) is 2.69. The van der Waals surface area contributed by atoms with E-state index < -0.39 is 0 Å². The van der Waals surface area contributed by atoms with Gasteiger partial charge in [-0.2, -0.15) is 0 Å². The lowest BCUT2D eigenvalue weighted by atomic mass is 10.3. The maximum Gasteiger partial charge on any atom is 0.191 e. The van der Waals surface area contributed by atoms with Crippen LogP contribution in [0.4, 0.5) is 0 Å². The molecule has 20 heavy (non-hydrogen) atoms. The molecule has 0 aromatic carbocycles. The second-order valence-electron chi connectivity index (χ2n) is 4.58. The third kappa shape index (κ3) is 4.06. The summed E-state index contributed by atoms with van der Waals surface area (Å²) >= 11 is 1.76. The molecule has 0 amide bonds. The highest BCUT2D eigenvalue weighted by molar-refractivity contribution is 7.10. The summed E-state index contributed by atoms with van der Waals surface area (Å²) in [7, 11) is 1.78. The number of rotatable bonds is 4. The highest BCUT2D eigenvalue weighted by Gasteiger charge is 2.02. The van der Waals surface area contributed by atoms with Crippen LogP contribution in [-0.4, -0.2) is 18.0 Å². The second-order valence-corrected chi connectivity index (χ2v) is 5.58. The fraction of sp³-hybridized carbons (Fsp3) is 0.333. The molecular formula is C15H20N4S. The van der Waals surface area contributed by atoms with E-state index in [2.05, 4.69) is 39.0 Å². The Morgan fingerprint density at radius 2 is 2.00 bits per heavy atom. The van der Waals surface area contributed by atoms with E-state index in [4.69, 9.17) is 0 Å². The number of hydrogen-bond donors (Lipinski definition) is 2. The lowest BCUT2D eigenvalue weighted by molar-refractivity contribution is 0.795. The number of thiophene rings is 1. The minimum absolute atomic E-state index is 0.671. The average Bonchev–Trinajstić information content (AvgIpc) is 2.85. The monoisotopic (exact) mass is 288 g/mol. The Kier molecular flexibility index (Phi) is 5.12. The minimum atomic E-state index is 0.671. The smallest absolute Gasteiger partial charge is 0.191 e. The van der Waals surface area contributed by atoms with Crippen LogP contribution in [0.15, 0.2) is 34.6 Å². The Morgan fingerprint density at radius 1 is 1.20 bits per heavy atom. The molecule has 2 heterocycles. The van der Waals surface area contributed by atoms with Crippen LogP contribution in [0.5, 0.6) is 0 Å². The van der Waals surface area contributed by atoms with Gasteiger partial charge in [0.15, 0.2) is 5.96 Å². The normalized spacial score (nSPS) is 11.4. The van der Waals surface area contributed by atoms with Crippen LogP contribution in [0.25, 0.3) is 0 Å². The van der Waals surface area contributed by atoms with Crippen molar-refractivity contribution in [1.29, 1.82) is 0 Å². The molecule has 0 saturated carbocycles. The molecule has 2 rings (SSSR count). The Bertz CT molecular complexity index is 589. The molecule has 2 N–H and O–H groups in total. The van der Waals surface area contributed by atoms with E-state index in [0.29, 0.717) is 6.54 Å². The molecule has 0 fully saturated rings. The predicted octanol–water partition coefficient (Wildman–Crippen LogP) is 2.63. The Morgan fingerprint density at radius 3 is 2.65 bits per heavy atom. The summed E-state index contributed by atoms with van der Waals surface area (Å²) in [5.74, 6) is 0.793. The molecule has 0 radical (unpaired) electrons. The molecule has 0 atom stereocenters. The van der Waals surface area contributed by atoms with Crippen molar-refractivity contribution in [2.45, 2.75) is 26.9 Å². The first-order valence-corrected chi connectivity index (χ1v) is 7.47. The number of guanidine groups is 1. The van der Waals surface area contributed by atoms with Crippen molar-refractivity contribution in [3.05, 3.63) is 51.5 Å². The van der Waals surface area contributed by atoms with Crippen molar-refractivity contribution in [1.82, 2.24) is 15.6 Å². The number of hydrogen-bond acceptors (Lipinski definition) is 3. The fourth-order valence-electron chi connectivity index (χ4n) is 1.84. The zero-order valence-corrected chi connectivity index (χ0v) is 12.9. The summed E-state index contributed by atoms with van der Waals surface area (Å²) in [5.41, 5.74) is 3.36. The van der Waals surface area contributed by atoms with Gasteiger partial charge in [-0.1, -0.05) is 6.07 Å². The molecule has 0 saturated heterocycles. The molecule has 0 aliphatic rings. The van der Waals surface area contributed by atoms with Crippen LogP contribution in [0.3, 0.4) is 0 Å². The average molecular weight is 288 g/mol. The van der Waals surface area contributed by atoms with Crippen molar-refractivity contribution in [2.75, 3.05) is 7.05 Å². The molecule has 0 aliphatic heterocycles. The van der Waals surface area contributed by atoms with Crippen LogP contribution in [-0.2, 0) is 13.1 Å². The molecule has 5 heteroatoms. The Labute approximate surface area is 124 Å². The number of aromatic nitrogens is 1. The highest BCUT2D eigenvalue weighted by Crippen LogP contribution is 2.14. The molecule has 0 unspecified atom stereocenters. The quantitative estimate of drug-likeness (QED) is 0.671. The number of aryl methyl sites for hydroxylation is 2. The molecule has 0 bridgehead atoms. The third-order valence-electron chi connectivity index (χ3n) is 2.99. The van der Waals surface area contributed by atoms with Crippen LogP contribution in [0, 0.1) is 13.8 Å². The van der Waals surface area contributed by atoms with Gasteiger partial charge in [-0.25, -0.2) is 0 Å². The summed E-state index contributed by atoms with van der Waals surface area (Å²) < 4.78 is 0. The van der Waals surface area contributed by atoms with Crippen LogP contribution < -0.4 is 10.6 Å². The van der Waals surface area contributed by atoms with Crippen molar-refractivity contribution in [3.8, 4) is 0 Å². The van der Waals surface area contributed by atoms with E-state index in [1.54, 1.807) is 18.4 Å². The maximum absolute atomic E-state index is 4.46. The second kappa shape index (κ2) is 7.05. The molecule has 2 aromatic rings.